The van der Waals surface area contributed by atoms with E-state index in [1.165, 1.54) is 6.08 Å². The molecule has 0 spiro atoms. The summed E-state index contributed by atoms with van der Waals surface area (Å²) in [4.78, 5) is 16.0. The number of rotatable bonds is 1. The van der Waals surface area contributed by atoms with Gasteiger partial charge in [0.1, 0.15) is 11.4 Å². The molecular weight excluding hydrogens is 299 g/mol. The van der Waals surface area contributed by atoms with Crippen molar-refractivity contribution in [1.29, 1.82) is 0 Å². The van der Waals surface area contributed by atoms with Crippen molar-refractivity contribution >= 4 is 40.7 Å². The molecule has 6 heteroatoms. The largest absolute Gasteiger partial charge is 0.457 e. The fraction of sp³-hybridized carbons (Fsp3) is 0.286. The molecule has 20 heavy (non-hydrogen) atoms. The summed E-state index contributed by atoms with van der Waals surface area (Å²) < 4.78 is 5.22. The zero-order valence-corrected chi connectivity index (χ0v) is 12.8. The number of carbonyl (C=O) groups excluding carboxylic acids is 1. The van der Waals surface area contributed by atoms with Gasteiger partial charge in [-0.15, -0.1) is 0 Å². The highest BCUT2D eigenvalue weighted by molar-refractivity contribution is 6.42. The average Bonchev–Trinajstić information content (AvgIpc) is 2.54. The molecule has 0 amide bonds. The molecule has 0 aromatic heterocycles. The van der Waals surface area contributed by atoms with Crippen LogP contribution in [0.3, 0.4) is 0 Å². The molecule has 1 aliphatic heterocycles. The summed E-state index contributed by atoms with van der Waals surface area (Å²) in [5.41, 5.74) is 7.00. The number of nitrogens with two attached hydrogens (primary N) is 1. The Morgan fingerprint density at radius 1 is 1.25 bits per heavy atom. The summed E-state index contributed by atoms with van der Waals surface area (Å²) in [6, 6.07) is 3.27. The van der Waals surface area contributed by atoms with E-state index >= 15 is 0 Å². The van der Waals surface area contributed by atoms with E-state index in [0.29, 0.717) is 32.7 Å². The lowest BCUT2D eigenvalue weighted by Gasteiger charge is -2.18. The van der Waals surface area contributed by atoms with Gasteiger partial charge < -0.3 is 10.5 Å². The fourth-order valence-electron chi connectivity index (χ4n) is 1.77. The molecule has 0 aliphatic carbocycles. The van der Waals surface area contributed by atoms with Crippen LogP contribution in [0.5, 0.6) is 0 Å². The molecule has 106 valence electrons. The van der Waals surface area contributed by atoms with E-state index in [0.717, 1.165) is 0 Å². The molecule has 2 rings (SSSR count). The summed E-state index contributed by atoms with van der Waals surface area (Å²) in [5, 5.41) is 0.771. The van der Waals surface area contributed by atoms with Crippen LogP contribution in [-0.4, -0.2) is 17.4 Å². The highest BCUT2D eigenvalue weighted by Gasteiger charge is 2.22. The molecular formula is C14H14Cl2N2O2. The zero-order valence-electron chi connectivity index (χ0n) is 11.3. The average molecular weight is 313 g/mol. The maximum absolute atomic E-state index is 11.8. The van der Waals surface area contributed by atoms with E-state index < -0.39 is 11.6 Å². The van der Waals surface area contributed by atoms with Crippen LogP contribution in [-0.2, 0) is 9.53 Å². The maximum Gasteiger partial charge on any atom is 0.333 e. The van der Waals surface area contributed by atoms with E-state index in [-0.39, 0.29) is 0 Å². The number of benzene rings is 1. The number of aliphatic imine (C=N–C) groups is 1. The molecule has 1 aromatic carbocycles. The minimum atomic E-state index is -0.567. The summed E-state index contributed by atoms with van der Waals surface area (Å²) in [7, 11) is 0. The third-order valence-electron chi connectivity index (χ3n) is 2.51. The SMILES string of the molecule is CC(C)(C)OC(=O)/C=C1\N=C(N)c2cc(Cl)c(Cl)cc21. The number of amidine groups is 1. The van der Waals surface area contributed by atoms with Crippen LogP contribution in [0.15, 0.2) is 23.2 Å². The van der Waals surface area contributed by atoms with Crippen molar-refractivity contribution in [3.8, 4) is 0 Å². The first-order chi connectivity index (χ1) is 9.17. The Labute approximate surface area is 127 Å². The number of carbonyl (C=O) groups is 1. The lowest BCUT2D eigenvalue weighted by atomic mass is 10.1. The van der Waals surface area contributed by atoms with Gasteiger partial charge in [0.2, 0.25) is 0 Å². The van der Waals surface area contributed by atoms with Gasteiger partial charge in [0.15, 0.2) is 0 Å². The Kier molecular flexibility index (Phi) is 3.80. The molecule has 0 atom stereocenters. The topological polar surface area (TPSA) is 64.7 Å². The van der Waals surface area contributed by atoms with Crippen molar-refractivity contribution in [2.45, 2.75) is 26.4 Å². The highest BCUT2D eigenvalue weighted by atomic mass is 35.5. The quantitative estimate of drug-likeness (QED) is 0.638. The van der Waals surface area contributed by atoms with Gasteiger partial charge in [0.25, 0.3) is 0 Å². The summed E-state index contributed by atoms with van der Waals surface area (Å²) in [6.45, 7) is 5.38. The first kappa shape index (κ1) is 14.9. The number of halogens is 2. The second kappa shape index (κ2) is 5.11. The molecule has 0 radical (unpaired) electrons. The van der Waals surface area contributed by atoms with Crippen molar-refractivity contribution < 1.29 is 9.53 Å². The van der Waals surface area contributed by atoms with E-state index in [2.05, 4.69) is 4.99 Å². The molecule has 1 heterocycles. The Balaban J connectivity index is 2.39. The van der Waals surface area contributed by atoms with Crippen LogP contribution in [0.4, 0.5) is 0 Å². The zero-order chi connectivity index (χ0) is 15.1. The van der Waals surface area contributed by atoms with E-state index in [1.807, 2.05) is 0 Å². The van der Waals surface area contributed by atoms with E-state index in [4.69, 9.17) is 33.7 Å². The van der Waals surface area contributed by atoms with E-state index in [1.54, 1.807) is 32.9 Å². The predicted molar refractivity (Wildman–Crippen MR) is 81.0 cm³/mol. The van der Waals surface area contributed by atoms with Crippen molar-refractivity contribution in [2.75, 3.05) is 0 Å². The molecule has 2 N–H and O–H groups in total. The predicted octanol–water partition coefficient (Wildman–Crippen LogP) is 3.39. The lowest BCUT2D eigenvalue weighted by molar-refractivity contribution is -0.148. The van der Waals surface area contributed by atoms with E-state index in [9.17, 15) is 4.79 Å². The first-order valence-electron chi connectivity index (χ1n) is 5.96. The Morgan fingerprint density at radius 3 is 2.35 bits per heavy atom. The smallest absolute Gasteiger partial charge is 0.333 e. The van der Waals surface area contributed by atoms with Crippen LogP contribution in [0.25, 0.3) is 5.70 Å². The van der Waals surface area contributed by atoms with Crippen molar-refractivity contribution in [3.05, 3.63) is 39.4 Å². The van der Waals surface area contributed by atoms with Gasteiger partial charge in [0.05, 0.1) is 15.7 Å². The first-order valence-corrected chi connectivity index (χ1v) is 6.71. The fourth-order valence-corrected chi connectivity index (χ4v) is 2.10. The van der Waals surface area contributed by atoms with Crippen LogP contribution < -0.4 is 5.73 Å². The van der Waals surface area contributed by atoms with Gasteiger partial charge in [0, 0.05) is 17.2 Å². The minimum Gasteiger partial charge on any atom is -0.457 e. The summed E-state index contributed by atoms with van der Waals surface area (Å²) >= 11 is 11.9. The monoisotopic (exact) mass is 312 g/mol. The molecule has 1 aliphatic rings. The third-order valence-corrected chi connectivity index (χ3v) is 3.24. The number of nitrogens with zero attached hydrogens (tertiary/aromatic N) is 1. The summed E-state index contributed by atoms with van der Waals surface area (Å²) in [6.07, 6.45) is 1.30. The van der Waals surface area contributed by atoms with Crippen LogP contribution >= 0.6 is 23.2 Å². The maximum atomic E-state index is 11.8. The van der Waals surface area contributed by atoms with Gasteiger partial charge in [-0.1, -0.05) is 23.2 Å². The molecule has 0 saturated carbocycles. The lowest BCUT2D eigenvalue weighted by Crippen LogP contribution is -2.22. The van der Waals surface area contributed by atoms with Gasteiger partial charge in [-0.2, -0.15) is 0 Å². The Morgan fingerprint density at radius 2 is 1.80 bits per heavy atom. The standard InChI is InChI=1S/C14H14Cl2N2O2/c1-14(2,3)20-12(19)6-11-7-4-9(15)10(16)5-8(7)13(17)18-11/h4-6H,1-3H3,(H2,17,18)/b11-6-. The second-order valence-electron chi connectivity index (χ2n) is 5.37. The third kappa shape index (κ3) is 3.14. The molecule has 0 unspecified atom stereocenters. The number of esters is 1. The second-order valence-corrected chi connectivity index (χ2v) is 6.19. The van der Waals surface area contributed by atoms with Crippen molar-refractivity contribution in [3.63, 3.8) is 0 Å². The van der Waals surface area contributed by atoms with Crippen LogP contribution in [0.2, 0.25) is 10.0 Å². The minimum absolute atomic E-state index is 0.299. The number of ether oxygens (including phenoxy) is 1. The molecule has 0 saturated heterocycles. The van der Waals surface area contributed by atoms with Gasteiger partial charge in [-0.25, -0.2) is 9.79 Å². The van der Waals surface area contributed by atoms with Gasteiger partial charge in [-0.05, 0) is 32.9 Å². The van der Waals surface area contributed by atoms with Crippen LogP contribution in [0.1, 0.15) is 31.9 Å². The molecule has 0 fully saturated rings. The number of hydrogen-bond donors (Lipinski definition) is 1. The van der Waals surface area contributed by atoms with Gasteiger partial charge >= 0.3 is 5.97 Å². The van der Waals surface area contributed by atoms with Crippen LogP contribution in [0, 0.1) is 0 Å². The number of fused-ring (bicyclic) bond motifs is 1. The van der Waals surface area contributed by atoms with Crippen molar-refractivity contribution in [2.24, 2.45) is 10.7 Å². The van der Waals surface area contributed by atoms with Gasteiger partial charge in [-0.3, -0.25) is 0 Å². The van der Waals surface area contributed by atoms with Crippen molar-refractivity contribution in [1.82, 2.24) is 0 Å². The highest BCUT2D eigenvalue weighted by Crippen LogP contribution is 2.34. The Bertz CT molecular complexity index is 643. The number of hydrogen-bond acceptors (Lipinski definition) is 4. The molecule has 4 nitrogen and oxygen atoms in total. The summed E-state index contributed by atoms with van der Waals surface area (Å²) in [5.74, 6) is -0.184. The molecule has 0 bridgehead atoms. The Hall–Kier alpha value is -1.52. The molecule has 1 aromatic rings. The normalized spacial score (nSPS) is 16.1.